The summed E-state index contributed by atoms with van der Waals surface area (Å²) in [6.45, 7) is 2.16. The number of likely N-dealkylation sites (tertiary alicyclic amines) is 1. The highest BCUT2D eigenvalue weighted by Crippen LogP contribution is 2.35. The maximum atomic E-state index is 4.31. The third-order valence-electron chi connectivity index (χ3n) is 4.59. The summed E-state index contributed by atoms with van der Waals surface area (Å²) in [6, 6.07) is 9.30. The lowest BCUT2D eigenvalue weighted by atomic mass is 10.1. The van der Waals surface area contributed by atoms with Gasteiger partial charge in [-0.1, -0.05) is 25.0 Å². The maximum absolute atomic E-state index is 4.31. The van der Waals surface area contributed by atoms with Crippen molar-refractivity contribution in [1.29, 1.82) is 0 Å². The Morgan fingerprint density at radius 3 is 2.87 bits per heavy atom. The van der Waals surface area contributed by atoms with Crippen LogP contribution in [0.25, 0.3) is 10.6 Å². The van der Waals surface area contributed by atoms with E-state index in [2.05, 4.69) is 50.1 Å². The van der Waals surface area contributed by atoms with Gasteiger partial charge in [-0.05, 0) is 42.3 Å². The van der Waals surface area contributed by atoms with E-state index in [0.717, 1.165) is 6.54 Å². The van der Waals surface area contributed by atoms with Crippen molar-refractivity contribution in [2.45, 2.75) is 38.3 Å². The molecular formula is C18H21N3S2. The lowest BCUT2D eigenvalue weighted by Gasteiger charge is -2.29. The summed E-state index contributed by atoms with van der Waals surface area (Å²) in [5.41, 5.74) is 2.50. The molecule has 0 amide bonds. The number of hydrogen-bond donors (Lipinski definition) is 1. The predicted molar refractivity (Wildman–Crippen MR) is 97.8 cm³/mol. The Labute approximate surface area is 145 Å². The van der Waals surface area contributed by atoms with Gasteiger partial charge in [-0.15, -0.1) is 22.7 Å². The minimum Gasteiger partial charge on any atom is -0.291 e. The van der Waals surface area contributed by atoms with Gasteiger partial charge in [-0.3, -0.25) is 10.00 Å². The number of H-pyrrole nitrogens is 1. The molecule has 1 atom stereocenters. The highest BCUT2D eigenvalue weighted by atomic mass is 32.1. The van der Waals surface area contributed by atoms with Gasteiger partial charge in [0.1, 0.15) is 0 Å². The highest BCUT2D eigenvalue weighted by Gasteiger charge is 2.24. The fourth-order valence-electron chi connectivity index (χ4n) is 3.44. The molecule has 0 radical (unpaired) electrons. The summed E-state index contributed by atoms with van der Waals surface area (Å²) < 4.78 is 0. The van der Waals surface area contributed by atoms with Crippen LogP contribution in [0.2, 0.25) is 0 Å². The third-order valence-corrected chi connectivity index (χ3v) is 6.46. The molecule has 1 N–H and O–H groups in total. The smallest absolute Gasteiger partial charge is 0.0794 e. The van der Waals surface area contributed by atoms with E-state index in [4.69, 9.17) is 0 Å². The van der Waals surface area contributed by atoms with Crippen molar-refractivity contribution in [3.63, 3.8) is 0 Å². The number of thiophene rings is 2. The zero-order valence-corrected chi connectivity index (χ0v) is 14.7. The fourth-order valence-corrected chi connectivity index (χ4v) is 5.09. The molecule has 0 aromatic carbocycles. The molecule has 5 heteroatoms. The Morgan fingerprint density at radius 1 is 1.13 bits per heavy atom. The molecule has 1 fully saturated rings. The van der Waals surface area contributed by atoms with E-state index in [1.54, 1.807) is 11.3 Å². The van der Waals surface area contributed by atoms with Crippen LogP contribution >= 0.6 is 22.7 Å². The number of nitrogens with one attached hydrogen (secondary N) is 1. The molecule has 1 aliphatic rings. The van der Waals surface area contributed by atoms with Crippen LogP contribution in [0.3, 0.4) is 0 Å². The van der Waals surface area contributed by atoms with Gasteiger partial charge < -0.3 is 0 Å². The number of aromatic amines is 1. The molecule has 0 bridgehead atoms. The molecule has 4 rings (SSSR count). The molecule has 0 spiro atoms. The number of nitrogens with zero attached hydrogens (tertiary/aromatic N) is 2. The van der Waals surface area contributed by atoms with Gasteiger partial charge in [0, 0.05) is 23.0 Å². The minimum atomic E-state index is 0.559. The van der Waals surface area contributed by atoms with Gasteiger partial charge in [0.15, 0.2) is 0 Å². The van der Waals surface area contributed by atoms with Crippen LogP contribution < -0.4 is 0 Å². The van der Waals surface area contributed by atoms with Crippen LogP contribution in [0, 0.1) is 0 Å². The Balaban J connectivity index is 1.60. The second-order valence-electron chi connectivity index (χ2n) is 6.10. The lowest BCUT2D eigenvalue weighted by Crippen LogP contribution is -2.27. The maximum Gasteiger partial charge on any atom is 0.0794 e. The van der Waals surface area contributed by atoms with E-state index < -0.39 is 0 Å². The molecule has 3 aromatic heterocycles. The van der Waals surface area contributed by atoms with Crippen molar-refractivity contribution in [3.05, 3.63) is 51.7 Å². The monoisotopic (exact) mass is 343 g/mol. The average Bonchev–Trinajstić information content (AvgIpc) is 3.29. The van der Waals surface area contributed by atoms with Crippen LogP contribution in [0.5, 0.6) is 0 Å². The summed E-state index contributed by atoms with van der Waals surface area (Å²) in [6.07, 6.45) is 7.26. The molecule has 0 saturated carbocycles. The van der Waals surface area contributed by atoms with Gasteiger partial charge in [0.2, 0.25) is 0 Å². The van der Waals surface area contributed by atoms with Gasteiger partial charge in [-0.2, -0.15) is 5.10 Å². The first kappa shape index (κ1) is 15.1. The minimum absolute atomic E-state index is 0.559. The van der Waals surface area contributed by atoms with E-state index in [1.807, 2.05) is 17.5 Å². The summed E-state index contributed by atoms with van der Waals surface area (Å²) in [4.78, 5) is 5.44. The Bertz CT molecular complexity index is 715. The van der Waals surface area contributed by atoms with Gasteiger partial charge in [0.05, 0.1) is 16.8 Å². The zero-order chi connectivity index (χ0) is 15.5. The summed E-state index contributed by atoms with van der Waals surface area (Å²) >= 11 is 3.67. The molecule has 4 heterocycles. The lowest BCUT2D eigenvalue weighted by molar-refractivity contribution is 0.195. The first-order valence-electron chi connectivity index (χ1n) is 8.25. The normalized spacial score (nSPS) is 19.7. The fraction of sp³-hybridized carbons (Fsp3) is 0.389. The largest absolute Gasteiger partial charge is 0.291 e. The molecule has 3 aromatic rings. The molecule has 1 saturated heterocycles. The second kappa shape index (κ2) is 6.99. The van der Waals surface area contributed by atoms with Crippen molar-refractivity contribution >= 4 is 22.7 Å². The second-order valence-corrected chi connectivity index (χ2v) is 8.03. The van der Waals surface area contributed by atoms with Gasteiger partial charge in [0.25, 0.3) is 0 Å². The van der Waals surface area contributed by atoms with Gasteiger partial charge >= 0.3 is 0 Å². The van der Waals surface area contributed by atoms with E-state index in [0.29, 0.717) is 6.04 Å². The van der Waals surface area contributed by atoms with E-state index >= 15 is 0 Å². The molecular weight excluding hydrogens is 322 g/mol. The van der Waals surface area contributed by atoms with Crippen LogP contribution in [0.1, 0.15) is 42.2 Å². The molecule has 3 nitrogen and oxygen atoms in total. The highest BCUT2D eigenvalue weighted by molar-refractivity contribution is 7.13. The van der Waals surface area contributed by atoms with Crippen LogP contribution in [-0.2, 0) is 6.54 Å². The van der Waals surface area contributed by atoms with Crippen LogP contribution in [-0.4, -0.2) is 21.6 Å². The van der Waals surface area contributed by atoms with Crippen molar-refractivity contribution in [2.75, 3.05) is 6.54 Å². The number of rotatable bonds is 4. The zero-order valence-electron chi connectivity index (χ0n) is 13.1. The predicted octanol–water partition coefficient (Wildman–Crippen LogP) is 5.32. The van der Waals surface area contributed by atoms with Crippen LogP contribution in [0.15, 0.2) is 41.2 Å². The van der Waals surface area contributed by atoms with E-state index in [-0.39, 0.29) is 0 Å². The van der Waals surface area contributed by atoms with Crippen molar-refractivity contribution in [2.24, 2.45) is 0 Å². The van der Waals surface area contributed by atoms with Gasteiger partial charge in [-0.25, -0.2) is 0 Å². The van der Waals surface area contributed by atoms with Crippen molar-refractivity contribution in [1.82, 2.24) is 15.1 Å². The number of aromatic nitrogens is 2. The molecule has 23 heavy (non-hydrogen) atoms. The molecule has 120 valence electrons. The Morgan fingerprint density at radius 2 is 2.04 bits per heavy atom. The topological polar surface area (TPSA) is 31.9 Å². The van der Waals surface area contributed by atoms with Crippen molar-refractivity contribution in [3.8, 4) is 10.6 Å². The van der Waals surface area contributed by atoms with Crippen LogP contribution in [0.4, 0.5) is 0 Å². The summed E-state index contributed by atoms with van der Waals surface area (Å²) in [5, 5.41) is 11.8. The van der Waals surface area contributed by atoms with E-state index in [9.17, 15) is 0 Å². The Kier molecular flexibility index (Phi) is 4.60. The quantitative estimate of drug-likeness (QED) is 0.695. The first-order chi connectivity index (χ1) is 11.4. The van der Waals surface area contributed by atoms with Crippen molar-refractivity contribution < 1.29 is 0 Å². The summed E-state index contributed by atoms with van der Waals surface area (Å²) in [7, 11) is 0. The standard InChI is InChI=1S/C18H21N3S2/c1-2-6-15(16-7-4-10-22-16)21(9-3-1)13-14-12-19-20-18(14)17-8-5-11-23-17/h4-5,7-8,10-12,15H,1-3,6,9,13H2,(H,19,20)/t15-/m1/s1. The first-order valence-corrected chi connectivity index (χ1v) is 10.0. The molecule has 1 aliphatic heterocycles. The average molecular weight is 344 g/mol. The number of hydrogen-bond acceptors (Lipinski definition) is 4. The SMILES string of the molecule is c1csc(-c2[nH]ncc2CN2CCCCC[C@@H]2c2cccs2)c1. The third kappa shape index (κ3) is 3.27. The molecule has 0 aliphatic carbocycles. The Hall–Kier alpha value is -1.43. The molecule has 0 unspecified atom stereocenters. The summed E-state index contributed by atoms with van der Waals surface area (Å²) in [5.74, 6) is 0. The van der Waals surface area contributed by atoms with E-state index in [1.165, 1.54) is 53.2 Å².